The van der Waals surface area contributed by atoms with Crippen LogP contribution in [0.5, 0.6) is 0 Å². The molecule has 0 saturated heterocycles. The second-order valence-corrected chi connectivity index (χ2v) is 6.52. The summed E-state index contributed by atoms with van der Waals surface area (Å²) in [5, 5.41) is 5.26. The van der Waals surface area contributed by atoms with Crippen molar-refractivity contribution < 1.29 is 23.5 Å². The smallest absolute Gasteiger partial charge is 0.328 e. The van der Waals surface area contributed by atoms with Crippen molar-refractivity contribution in [2.45, 2.75) is 64.5 Å². The van der Waals surface area contributed by atoms with Gasteiger partial charge in [0.1, 0.15) is 17.9 Å². The van der Waals surface area contributed by atoms with Crippen LogP contribution in [-0.4, -0.2) is 37.0 Å². The Kier molecular flexibility index (Phi) is 10.1. The van der Waals surface area contributed by atoms with E-state index < -0.39 is 24.0 Å². The molecule has 7 heteroatoms. The summed E-state index contributed by atoms with van der Waals surface area (Å²) in [5.74, 6) is -1.73. The number of unbranched alkanes of at least 4 members (excludes halogenated alkanes) is 3. The van der Waals surface area contributed by atoms with Gasteiger partial charge >= 0.3 is 5.97 Å². The minimum absolute atomic E-state index is 0.190. The molecule has 0 fully saturated rings. The Bertz CT molecular complexity index is 619. The fourth-order valence-corrected chi connectivity index (χ4v) is 2.75. The Morgan fingerprint density at radius 2 is 1.70 bits per heavy atom. The number of hydrogen-bond donors (Lipinski definition) is 2. The highest BCUT2D eigenvalue weighted by Gasteiger charge is 2.26. The van der Waals surface area contributed by atoms with E-state index in [0.717, 1.165) is 25.7 Å². The molecule has 1 aromatic carbocycles. The number of carbonyl (C=O) groups is 3. The van der Waals surface area contributed by atoms with Crippen molar-refractivity contribution in [2.75, 3.05) is 7.11 Å². The van der Waals surface area contributed by atoms with E-state index in [1.807, 2.05) is 0 Å². The molecule has 0 spiro atoms. The summed E-state index contributed by atoms with van der Waals surface area (Å²) >= 11 is 0. The third-order valence-electron chi connectivity index (χ3n) is 4.20. The van der Waals surface area contributed by atoms with Crippen LogP contribution in [0.3, 0.4) is 0 Å². The fourth-order valence-electron chi connectivity index (χ4n) is 2.75. The molecule has 2 atom stereocenters. The van der Waals surface area contributed by atoms with Crippen LogP contribution in [0.1, 0.15) is 51.5 Å². The van der Waals surface area contributed by atoms with Gasteiger partial charge in [-0.25, -0.2) is 9.18 Å². The lowest BCUT2D eigenvalue weighted by molar-refractivity contribution is -0.145. The highest BCUT2D eigenvalue weighted by molar-refractivity contribution is 5.90. The Labute approximate surface area is 159 Å². The van der Waals surface area contributed by atoms with Crippen LogP contribution in [0.2, 0.25) is 0 Å². The van der Waals surface area contributed by atoms with Crippen LogP contribution < -0.4 is 10.6 Å². The van der Waals surface area contributed by atoms with Gasteiger partial charge in [-0.3, -0.25) is 9.59 Å². The quantitative estimate of drug-likeness (QED) is 0.456. The minimum Gasteiger partial charge on any atom is -0.467 e. The summed E-state index contributed by atoms with van der Waals surface area (Å²) in [5.41, 5.74) is 0.697. The van der Waals surface area contributed by atoms with Gasteiger partial charge in [-0.1, -0.05) is 44.7 Å². The van der Waals surface area contributed by atoms with E-state index in [0.29, 0.717) is 12.0 Å². The first-order valence-electron chi connectivity index (χ1n) is 9.27. The number of ether oxygens (including phenoxy) is 1. The van der Waals surface area contributed by atoms with Gasteiger partial charge in [0.05, 0.1) is 7.11 Å². The molecule has 6 nitrogen and oxygen atoms in total. The molecule has 1 rings (SSSR count). The number of hydrogen-bond acceptors (Lipinski definition) is 4. The lowest BCUT2D eigenvalue weighted by Gasteiger charge is -2.22. The molecule has 0 saturated carbocycles. The number of carbonyl (C=O) groups excluding carboxylic acids is 3. The molecule has 0 aliphatic heterocycles. The SMILES string of the molecule is CCCCCC[C@@H](NC(=O)[C@@H](Cc1ccc(F)cc1)NC(C)=O)C(=O)OC. The number of rotatable bonds is 11. The number of amides is 2. The summed E-state index contributed by atoms with van der Waals surface area (Å²) in [6.45, 7) is 3.40. The monoisotopic (exact) mass is 380 g/mol. The van der Waals surface area contributed by atoms with Gasteiger partial charge in [0.15, 0.2) is 0 Å². The number of benzene rings is 1. The zero-order valence-electron chi connectivity index (χ0n) is 16.2. The van der Waals surface area contributed by atoms with Gasteiger partial charge in [-0.05, 0) is 24.1 Å². The molecule has 0 heterocycles. The van der Waals surface area contributed by atoms with Crippen LogP contribution in [0.15, 0.2) is 24.3 Å². The molecule has 27 heavy (non-hydrogen) atoms. The van der Waals surface area contributed by atoms with E-state index in [1.165, 1.54) is 26.2 Å². The van der Waals surface area contributed by atoms with Crippen LogP contribution >= 0.6 is 0 Å². The maximum Gasteiger partial charge on any atom is 0.328 e. The molecule has 0 aliphatic carbocycles. The van der Waals surface area contributed by atoms with E-state index in [4.69, 9.17) is 4.74 Å². The molecule has 0 radical (unpaired) electrons. The summed E-state index contributed by atoms with van der Waals surface area (Å²) in [7, 11) is 1.28. The maximum absolute atomic E-state index is 13.1. The first kappa shape index (κ1) is 22.6. The zero-order chi connectivity index (χ0) is 20.2. The topological polar surface area (TPSA) is 84.5 Å². The predicted molar refractivity (Wildman–Crippen MR) is 100 cm³/mol. The Morgan fingerprint density at radius 3 is 2.26 bits per heavy atom. The number of esters is 1. The van der Waals surface area contributed by atoms with E-state index in [9.17, 15) is 18.8 Å². The Morgan fingerprint density at radius 1 is 1.04 bits per heavy atom. The van der Waals surface area contributed by atoms with E-state index in [2.05, 4.69) is 17.6 Å². The van der Waals surface area contributed by atoms with Gasteiger partial charge in [0.25, 0.3) is 0 Å². The molecule has 150 valence electrons. The van der Waals surface area contributed by atoms with E-state index in [-0.39, 0.29) is 18.1 Å². The number of methoxy groups -OCH3 is 1. The Hall–Kier alpha value is -2.44. The first-order chi connectivity index (χ1) is 12.9. The molecular weight excluding hydrogens is 351 g/mol. The third kappa shape index (κ3) is 8.66. The molecular formula is C20H29FN2O4. The van der Waals surface area contributed by atoms with E-state index in [1.54, 1.807) is 12.1 Å². The van der Waals surface area contributed by atoms with Crippen molar-refractivity contribution >= 4 is 17.8 Å². The van der Waals surface area contributed by atoms with Gasteiger partial charge in [0.2, 0.25) is 11.8 Å². The standard InChI is InChI=1S/C20H29FN2O4/c1-4-5-6-7-8-17(20(26)27-3)23-19(25)18(22-14(2)24)13-15-9-11-16(21)12-10-15/h9-12,17-18H,4-8,13H2,1-3H3,(H,22,24)(H,23,25)/t17-,18-/m1/s1. The largest absolute Gasteiger partial charge is 0.467 e. The molecule has 0 aliphatic rings. The normalized spacial score (nSPS) is 12.7. The second kappa shape index (κ2) is 12.0. The van der Waals surface area contributed by atoms with Crippen molar-refractivity contribution in [1.82, 2.24) is 10.6 Å². The van der Waals surface area contributed by atoms with Crippen LogP contribution in [0.4, 0.5) is 4.39 Å². The number of nitrogens with one attached hydrogen (secondary N) is 2. The van der Waals surface area contributed by atoms with Crippen molar-refractivity contribution in [1.29, 1.82) is 0 Å². The van der Waals surface area contributed by atoms with Crippen molar-refractivity contribution in [3.8, 4) is 0 Å². The van der Waals surface area contributed by atoms with Crippen LogP contribution in [0, 0.1) is 5.82 Å². The molecule has 2 N–H and O–H groups in total. The molecule has 2 amide bonds. The molecule has 0 unspecified atom stereocenters. The fraction of sp³-hybridized carbons (Fsp3) is 0.550. The van der Waals surface area contributed by atoms with Crippen LogP contribution in [-0.2, 0) is 25.5 Å². The molecule has 0 aromatic heterocycles. The van der Waals surface area contributed by atoms with Crippen molar-refractivity contribution in [2.24, 2.45) is 0 Å². The van der Waals surface area contributed by atoms with Gasteiger partial charge < -0.3 is 15.4 Å². The summed E-state index contributed by atoms with van der Waals surface area (Å²) in [4.78, 5) is 36.1. The molecule has 0 bridgehead atoms. The van der Waals surface area contributed by atoms with Gasteiger partial charge in [-0.15, -0.1) is 0 Å². The van der Waals surface area contributed by atoms with Crippen LogP contribution in [0.25, 0.3) is 0 Å². The van der Waals surface area contributed by atoms with Crippen molar-refractivity contribution in [3.63, 3.8) is 0 Å². The average molecular weight is 380 g/mol. The van der Waals surface area contributed by atoms with Gasteiger partial charge in [-0.2, -0.15) is 0 Å². The minimum atomic E-state index is -0.865. The van der Waals surface area contributed by atoms with Crippen molar-refractivity contribution in [3.05, 3.63) is 35.6 Å². The zero-order valence-corrected chi connectivity index (χ0v) is 16.2. The Balaban J connectivity index is 2.79. The second-order valence-electron chi connectivity index (χ2n) is 6.52. The summed E-state index contributed by atoms with van der Waals surface area (Å²) < 4.78 is 17.8. The van der Waals surface area contributed by atoms with E-state index >= 15 is 0 Å². The maximum atomic E-state index is 13.1. The van der Waals surface area contributed by atoms with Gasteiger partial charge in [0, 0.05) is 13.3 Å². The highest BCUT2D eigenvalue weighted by atomic mass is 19.1. The first-order valence-corrected chi connectivity index (χ1v) is 9.27. The predicted octanol–water partition coefficient (Wildman–Crippen LogP) is 2.50. The average Bonchev–Trinajstić information content (AvgIpc) is 2.64. The summed E-state index contributed by atoms with van der Waals surface area (Å²) in [6, 6.07) is 4.08. The number of halogens is 1. The summed E-state index contributed by atoms with van der Waals surface area (Å²) in [6.07, 6.45) is 4.54. The lowest BCUT2D eigenvalue weighted by atomic mass is 10.0. The highest BCUT2D eigenvalue weighted by Crippen LogP contribution is 2.09. The lowest BCUT2D eigenvalue weighted by Crippen LogP contribution is -2.52. The molecule has 1 aromatic rings. The third-order valence-corrected chi connectivity index (χ3v) is 4.20.